The Bertz CT molecular complexity index is 345. The van der Waals surface area contributed by atoms with Crippen LogP contribution in [0, 0.1) is 11.8 Å². The maximum atomic E-state index is 13.0. The SMILES string of the molecule is CCC(C1CCCCC1)C([SiH3])(CC)C(=O)OC1CCCCC1. The molecule has 2 fully saturated rings. The standard InChI is InChI=1S/C19H36O2Si/c1-3-17(15-11-7-5-8-12-15)19(22,4-2)18(20)21-16-13-9-6-10-14-16/h15-17H,3-14H2,1-2,22H3. The smallest absolute Gasteiger partial charge is 0.308 e. The van der Waals surface area contributed by atoms with Crippen LogP contribution in [0.1, 0.15) is 90.9 Å². The molecule has 2 unspecified atom stereocenters. The molecule has 0 amide bonds. The van der Waals surface area contributed by atoms with E-state index >= 15 is 0 Å². The van der Waals surface area contributed by atoms with Crippen LogP contribution >= 0.6 is 0 Å². The molecule has 2 saturated carbocycles. The minimum absolute atomic E-state index is 0.145. The van der Waals surface area contributed by atoms with Gasteiger partial charge in [-0.1, -0.05) is 58.8 Å². The third-order valence-electron chi connectivity index (χ3n) is 6.50. The fourth-order valence-corrected chi connectivity index (χ4v) is 5.86. The molecule has 0 aromatic rings. The Labute approximate surface area is 140 Å². The second-order valence-corrected chi connectivity index (χ2v) is 9.63. The lowest BCUT2D eigenvalue weighted by molar-refractivity contribution is -0.157. The quantitative estimate of drug-likeness (QED) is 0.534. The number of carbonyl (C=O) groups is 1. The summed E-state index contributed by atoms with van der Waals surface area (Å²) in [7, 11) is 0.935. The van der Waals surface area contributed by atoms with E-state index in [9.17, 15) is 4.79 Å². The Morgan fingerprint density at radius 2 is 1.59 bits per heavy atom. The molecule has 22 heavy (non-hydrogen) atoms. The Hall–Kier alpha value is -0.313. The van der Waals surface area contributed by atoms with Gasteiger partial charge in [-0.3, -0.25) is 4.79 Å². The van der Waals surface area contributed by atoms with E-state index in [0.717, 1.165) is 41.8 Å². The zero-order valence-corrected chi connectivity index (χ0v) is 17.0. The van der Waals surface area contributed by atoms with Gasteiger partial charge in [0.2, 0.25) is 0 Å². The van der Waals surface area contributed by atoms with Crippen molar-refractivity contribution in [2.45, 2.75) is 102 Å². The van der Waals surface area contributed by atoms with Gasteiger partial charge < -0.3 is 4.74 Å². The molecule has 2 aliphatic carbocycles. The average molecular weight is 325 g/mol. The summed E-state index contributed by atoms with van der Waals surface area (Å²) in [5.41, 5.74) is 0. The highest BCUT2D eigenvalue weighted by molar-refractivity contribution is 6.27. The number of hydrogen-bond donors (Lipinski definition) is 0. The third kappa shape index (κ3) is 4.15. The summed E-state index contributed by atoms with van der Waals surface area (Å²) in [5, 5.41) is -0.145. The summed E-state index contributed by atoms with van der Waals surface area (Å²) in [4.78, 5) is 13.0. The van der Waals surface area contributed by atoms with Crippen molar-refractivity contribution in [2.24, 2.45) is 11.8 Å². The molecule has 3 heteroatoms. The molecule has 2 nitrogen and oxygen atoms in total. The molecule has 0 aliphatic heterocycles. The second-order valence-electron chi connectivity index (χ2n) is 7.85. The first-order valence-electron chi connectivity index (χ1n) is 9.82. The molecule has 0 N–H and O–H groups in total. The van der Waals surface area contributed by atoms with Crippen molar-refractivity contribution in [3.05, 3.63) is 0 Å². The van der Waals surface area contributed by atoms with Crippen LogP contribution < -0.4 is 0 Å². The minimum Gasteiger partial charge on any atom is -0.462 e. The summed E-state index contributed by atoms with van der Waals surface area (Å²) in [6, 6.07) is 0. The Balaban J connectivity index is 2.04. The van der Waals surface area contributed by atoms with Crippen LogP contribution in [0.5, 0.6) is 0 Å². The molecule has 2 atom stereocenters. The summed E-state index contributed by atoms with van der Waals surface area (Å²) in [5.74, 6) is 1.47. The molecule has 0 aromatic heterocycles. The van der Waals surface area contributed by atoms with Crippen LogP contribution in [-0.2, 0) is 9.53 Å². The summed E-state index contributed by atoms with van der Waals surface area (Å²) < 4.78 is 6.02. The van der Waals surface area contributed by atoms with E-state index in [0.29, 0.717) is 5.92 Å². The fraction of sp³-hybridized carbons (Fsp3) is 0.947. The van der Waals surface area contributed by atoms with Gasteiger partial charge in [-0.15, -0.1) is 0 Å². The molecule has 2 rings (SSSR count). The van der Waals surface area contributed by atoms with Crippen LogP contribution in [0.15, 0.2) is 0 Å². The van der Waals surface area contributed by atoms with Gasteiger partial charge in [0.25, 0.3) is 0 Å². The monoisotopic (exact) mass is 324 g/mol. The molecule has 0 saturated heterocycles. The van der Waals surface area contributed by atoms with Crippen molar-refractivity contribution in [2.75, 3.05) is 0 Å². The predicted octanol–water partition coefficient (Wildman–Crippen LogP) is 4.40. The van der Waals surface area contributed by atoms with Gasteiger partial charge in [0.15, 0.2) is 0 Å². The number of esters is 1. The number of rotatable bonds is 6. The molecule has 2 aliphatic rings. The minimum atomic E-state index is -0.145. The summed E-state index contributed by atoms with van der Waals surface area (Å²) >= 11 is 0. The third-order valence-corrected chi connectivity index (χ3v) is 8.36. The highest BCUT2D eigenvalue weighted by Gasteiger charge is 2.44. The lowest BCUT2D eigenvalue weighted by atomic mass is 9.71. The normalized spacial score (nSPS) is 25.5. The van der Waals surface area contributed by atoms with Crippen LogP contribution in [0.4, 0.5) is 0 Å². The molecule has 0 spiro atoms. The van der Waals surface area contributed by atoms with E-state index in [1.807, 2.05) is 0 Å². The second kappa shape index (κ2) is 8.51. The van der Waals surface area contributed by atoms with Crippen molar-refractivity contribution >= 4 is 16.2 Å². The van der Waals surface area contributed by atoms with E-state index in [1.165, 1.54) is 51.4 Å². The first-order valence-corrected chi connectivity index (χ1v) is 10.8. The van der Waals surface area contributed by atoms with E-state index in [1.54, 1.807) is 0 Å². The van der Waals surface area contributed by atoms with Gasteiger partial charge in [0, 0.05) is 10.2 Å². The first kappa shape index (κ1) is 18.0. The van der Waals surface area contributed by atoms with Crippen molar-refractivity contribution in [1.29, 1.82) is 0 Å². The van der Waals surface area contributed by atoms with Gasteiger partial charge in [0.1, 0.15) is 6.10 Å². The summed E-state index contributed by atoms with van der Waals surface area (Å²) in [6.45, 7) is 4.50. The van der Waals surface area contributed by atoms with Gasteiger partial charge in [-0.05, 0) is 43.9 Å². The maximum absolute atomic E-state index is 13.0. The topological polar surface area (TPSA) is 26.3 Å². The zero-order chi connectivity index (χ0) is 16.0. The molecule has 128 valence electrons. The van der Waals surface area contributed by atoms with Gasteiger partial charge in [0.05, 0.1) is 5.04 Å². The molecule has 0 aromatic carbocycles. The fourth-order valence-electron chi connectivity index (χ4n) is 4.87. The van der Waals surface area contributed by atoms with Crippen molar-refractivity contribution < 1.29 is 9.53 Å². The molecule has 0 bridgehead atoms. The highest BCUT2D eigenvalue weighted by Crippen LogP contribution is 2.48. The predicted molar refractivity (Wildman–Crippen MR) is 96.2 cm³/mol. The largest absolute Gasteiger partial charge is 0.462 e. The van der Waals surface area contributed by atoms with Crippen LogP contribution in [0.3, 0.4) is 0 Å². The number of ether oxygens (including phenoxy) is 1. The molecule has 0 heterocycles. The Kier molecular flexibility index (Phi) is 6.98. The van der Waals surface area contributed by atoms with E-state index in [-0.39, 0.29) is 17.1 Å². The van der Waals surface area contributed by atoms with Crippen LogP contribution in [0.25, 0.3) is 0 Å². The van der Waals surface area contributed by atoms with Crippen molar-refractivity contribution in [3.63, 3.8) is 0 Å². The van der Waals surface area contributed by atoms with E-state index in [2.05, 4.69) is 13.8 Å². The molecule has 0 radical (unpaired) electrons. The summed E-state index contributed by atoms with van der Waals surface area (Å²) in [6.07, 6.45) is 15.1. The Morgan fingerprint density at radius 1 is 1.05 bits per heavy atom. The zero-order valence-electron chi connectivity index (χ0n) is 15.0. The van der Waals surface area contributed by atoms with E-state index < -0.39 is 0 Å². The Morgan fingerprint density at radius 3 is 2.09 bits per heavy atom. The van der Waals surface area contributed by atoms with Crippen molar-refractivity contribution in [3.8, 4) is 0 Å². The lowest BCUT2D eigenvalue weighted by Gasteiger charge is -2.42. The number of hydrogen-bond acceptors (Lipinski definition) is 2. The van der Waals surface area contributed by atoms with E-state index in [4.69, 9.17) is 4.74 Å². The average Bonchev–Trinajstić information content (AvgIpc) is 2.57. The van der Waals surface area contributed by atoms with Crippen LogP contribution in [-0.4, -0.2) is 22.3 Å². The van der Waals surface area contributed by atoms with Gasteiger partial charge >= 0.3 is 5.97 Å². The molecular weight excluding hydrogens is 288 g/mol. The highest BCUT2D eigenvalue weighted by atomic mass is 28.1. The first-order chi connectivity index (χ1) is 10.6. The maximum Gasteiger partial charge on any atom is 0.308 e. The van der Waals surface area contributed by atoms with Crippen molar-refractivity contribution in [1.82, 2.24) is 0 Å². The molecular formula is C19H36O2Si. The van der Waals surface area contributed by atoms with Crippen LogP contribution in [0.2, 0.25) is 5.04 Å². The lowest BCUT2D eigenvalue weighted by Crippen LogP contribution is -2.39. The van der Waals surface area contributed by atoms with Gasteiger partial charge in [-0.25, -0.2) is 0 Å². The van der Waals surface area contributed by atoms with Gasteiger partial charge in [-0.2, -0.15) is 0 Å². The number of carbonyl (C=O) groups excluding carboxylic acids is 1.